The van der Waals surface area contributed by atoms with Gasteiger partial charge in [0.2, 0.25) is 0 Å². The number of hydrogen-bond donors (Lipinski definition) is 1. The van der Waals surface area contributed by atoms with Gasteiger partial charge in [0, 0.05) is 0 Å². The van der Waals surface area contributed by atoms with Gasteiger partial charge in [0.15, 0.2) is 0 Å². The van der Waals surface area contributed by atoms with Gasteiger partial charge in [0.05, 0.1) is 0 Å². The molecule has 0 rings (SSSR count). The standard InChI is InChI=1S/C10H17N/c1-8(2)7-10(5-6-11)9(3)4/h5-7,9H,1,11H2,2-4H3/b6-5-,10-7+. The van der Waals surface area contributed by atoms with E-state index in [2.05, 4.69) is 20.4 Å². The van der Waals surface area contributed by atoms with Crippen molar-refractivity contribution in [3.05, 3.63) is 36.1 Å². The minimum Gasteiger partial charge on any atom is -0.405 e. The first-order valence-electron chi connectivity index (χ1n) is 3.83. The van der Waals surface area contributed by atoms with E-state index >= 15 is 0 Å². The zero-order valence-corrected chi connectivity index (χ0v) is 7.59. The van der Waals surface area contributed by atoms with Crippen LogP contribution in [0, 0.1) is 5.92 Å². The summed E-state index contributed by atoms with van der Waals surface area (Å²) in [7, 11) is 0. The molecule has 0 aromatic heterocycles. The summed E-state index contributed by atoms with van der Waals surface area (Å²) < 4.78 is 0. The van der Waals surface area contributed by atoms with Crippen molar-refractivity contribution >= 4 is 0 Å². The summed E-state index contributed by atoms with van der Waals surface area (Å²) in [4.78, 5) is 0. The number of rotatable bonds is 3. The lowest BCUT2D eigenvalue weighted by Gasteiger charge is -2.05. The van der Waals surface area contributed by atoms with Gasteiger partial charge in [-0.3, -0.25) is 0 Å². The first-order chi connectivity index (χ1) is 5.07. The molecule has 0 aromatic rings. The first-order valence-corrected chi connectivity index (χ1v) is 3.83. The molecule has 0 saturated heterocycles. The van der Waals surface area contributed by atoms with Gasteiger partial charge in [0.1, 0.15) is 0 Å². The van der Waals surface area contributed by atoms with Gasteiger partial charge in [-0.25, -0.2) is 0 Å². The fourth-order valence-electron chi connectivity index (χ4n) is 0.803. The quantitative estimate of drug-likeness (QED) is 0.616. The minimum absolute atomic E-state index is 0.506. The molecule has 1 heteroatoms. The molecule has 62 valence electrons. The van der Waals surface area contributed by atoms with Crippen molar-refractivity contribution in [3.8, 4) is 0 Å². The molecule has 0 amide bonds. The summed E-state index contributed by atoms with van der Waals surface area (Å²) in [5.41, 5.74) is 7.58. The molecule has 2 N–H and O–H groups in total. The van der Waals surface area contributed by atoms with Crippen LogP contribution < -0.4 is 5.73 Å². The molecule has 0 saturated carbocycles. The lowest BCUT2D eigenvalue weighted by molar-refractivity contribution is 0.790. The molecule has 0 aliphatic rings. The van der Waals surface area contributed by atoms with Crippen molar-refractivity contribution in [2.75, 3.05) is 0 Å². The smallest absolute Gasteiger partial charge is 0.00595 e. The Kier molecular flexibility index (Phi) is 4.35. The van der Waals surface area contributed by atoms with Gasteiger partial charge < -0.3 is 5.73 Å². The molecular formula is C10H17N. The van der Waals surface area contributed by atoms with Crippen molar-refractivity contribution in [2.45, 2.75) is 20.8 Å². The average molecular weight is 151 g/mol. The van der Waals surface area contributed by atoms with E-state index in [4.69, 9.17) is 5.73 Å². The Morgan fingerprint density at radius 3 is 2.27 bits per heavy atom. The third-order valence-corrected chi connectivity index (χ3v) is 1.37. The molecule has 0 fully saturated rings. The van der Waals surface area contributed by atoms with Crippen LogP contribution in [0.1, 0.15) is 20.8 Å². The highest BCUT2D eigenvalue weighted by molar-refractivity contribution is 5.28. The molecule has 0 aromatic carbocycles. The third kappa shape index (κ3) is 4.43. The molecule has 0 aliphatic heterocycles. The Morgan fingerprint density at radius 1 is 1.45 bits per heavy atom. The van der Waals surface area contributed by atoms with E-state index in [1.54, 1.807) is 6.20 Å². The SMILES string of the molecule is C=C(C)/C=C(\C=C/N)C(C)C. The molecule has 0 unspecified atom stereocenters. The van der Waals surface area contributed by atoms with E-state index in [1.807, 2.05) is 19.1 Å². The van der Waals surface area contributed by atoms with Crippen LogP contribution in [0.4, 0.5) is 0 Å². The van der Waals surface area contributed by atoms with Gasteiger partial charge in [-0.2, -0.15) is 0 Å². The van der Waals surface area contributed by atoms with E-state index in [0.29, 0.717) is 5.92 Å². The summed E-state index contributed by atoms with van der Waals surface area (Å²) in [5.74, 6) is 0.506. The molecular weight excluding hydrogens is 134 g/mol. The highest BCUT2D eigenvalue weighted by Gasteiger charge is 1.97. The molecule has 0 aliphatic carbocycles. The summed E-state index contributed by atoms with van der Waals surface area (Å²) in [5, 5.41) is 0. The Labute approximate surface area is 69.3 Å². The van der Waals surface area contributed by atoms with Gasteiger partial charge in [-0.05, 0) is 30.7 Å². The number of allylic oxidation sites excluding steroid dienone is 4. The van der Waals surface area contributed by atoms with Crippen molar-refractivity contribution in [2.24, 2.45) is 11.7 Å². The molecule has 0 spiro atoms. The molecule has 0 atom stereocenters. The fourth-order valence-corrected chi connectivity index (χ4v) is 0.803. The van der Waals surface area contributed by atoms with Crippen LogP contribution in [0.3, 0.4) is 0 Å². The van der Waals surface area contributed by atoms with Crippen molar-refractivity contribution in [1.82, 2.24) is 0 Å². The van der Waals surface area contributed by atoms with E-state index in [-0.39, 0.29) is 0 Å². The van der Waals surface area contributed by atoms with E-state index < -0.39 is 0 Å². The van der Waals surface area contributed by atoms with Gasteiger partial charge in [-0.15, -0.1) is 0 Å². The molecule has 11 heavy (non-hydrogen) atoms. The molecule has 0 radical (unpaired) electrons. The van der Waals surface area contributed by atoms with Gasteiger partial charge in [-0.1, -0.05) is 32.1 Å². The van der Waals surface area contributed by atoms with Crippen LogP contribution in [0.2, 0.25) is 0 Å². The number of nitrogens with two attached hydrogens (primary N) is 1. The zero-order valence-electron chi connectivity index (χ0n) is 7.59. The monoisotopic (exact) mass is 151 g/mol. The van der Waals surface area contributed by atoms with E-state index in [0.717, 1.165) is 5.57 Å². The van der Waals surface area contributed by atoms with Crippen LogP contribution >= 0.6 is 0 Å². The molecule has 1 nitrogen and oxygen atoms in total. The maximum atomic E-state index is 5.29. The highest BCUT2D eigenvalue weighted by Crippen LogP contribution is 2.12. The predicted octanol–water partition coefficient (Wildman–Crippen LogP) is 2.62. The van der Waals surface area contributed by atoms with Crippen molar-refractivity contribution in [3.63, 3.8) is 0 Å². The second-order valence-electron chi connectivity index (χ2n) is 3.00. The van der Waals surface area contributed by atoms with Crippen molar-refractivity contribution < 1.29 is 0 Å². The third-order valence-electron chi connectivity index (χ3n) is 1.37. The predicted molar refractivity (Wildman–Crippen MR) is 51.1 cm³/mol. The lowest BCUT2D eigenvalue weighted by Crippen LogP contribution is -1.92. The van der Waals surface area contributed by atoms with Crippen LogP contribution in [-0.2, 0) is 0 Å². The lowest BCUT2D eigenvalue weighted by atomic mass is 10.0. The zero-order chi connectivity index (χ0) is 8.85. The van der Waals surface area contributed by atoms with Gasteiger partial charge in [0.25, 0.3) is 0 Å². The topological polar surface area (TPSA) is 26.0 Å². The second-order valence-corrected chi connectivity index (χ2v) is 3.00. The van der Waals surface area contributed by atoms with Crippen LogP contribution in [0.15, 0.2) is 36.1 Å². The summed E-state index contributed by atoms with van der Waals surface area (Å²) >= 11 is 0. The van der Waals surface area contributed by atoms with Crippen LogP contribution in [-0.4, -0.2) is 0 Å². The minimum atomic E-state index is 0.506. The Balaban J connectivity index is 4.46. The Morgan fingerprint density at radius 2 is 2.00 bits per heavy atom. The average Bonchev–Trinajstić information content (AvgIpc) is 1.86. The van der Waals surface area contributed by atoms with E-state index in [9.17, 15) is 0 Å². The van der Waals surface area contributed by atoms with Crippen LogP contribution in [0.5, 0.6) is 0 Å². The van der Waals surface area contributed by atoms with Crippen molar-refractivity contribution in [1.29, 1.82) is 0 Å². The summed E-state index contributed by atoms with van der Waals surface area (Å²) in [6, 6.07) is 0. The number of hydrogen-bond acceptors (Lipinski definition) is 1. The second kappa shape index (κ2) is 4.78. The maximum Gasteiger partial charge on any atom is -0.00595 e. The Bertz CT molecular complexity index is 185. The maximum absolute atomic E-state index is 5.29. The van der Waals surface area contributed by atoms with Crippen LogP contribution in [0.25, 0.3) is 0 Å². The summed E-state index contributed by atoms with van der Waals surface area (Å²) in [6.45, 7) is 10.1. The van der Waals surface area contributed by atoms with Gasteiger partial charge >= 0.3 is 0 Å². The molecule has 0 heterocycles. The molecule has 0 bridgehead atoms. The highest BCUT2D eigenvalue weighted by atomic mass is 14.5. The fraction of sp³-hybridized carbons (Fsp3) is 0.400. The Hall–Kier alpha value is -0.980. The summed E-state index contributed by atoms with van der Waals surface area (Å²) in [6.07, 6.45) is 5.53. The largest absolute Gasteiger partial charge is 0.405 e. The first kappa shape index (κ1) is 10.0. The normalized spacial score (nSPS) is 12.9. The van der Waals surface area contributed by atoms with E-state index in [1.165, 1.54) is 5.57 Å².